The SMILES string of the molecule is C[C@@H](NC(=O)C1CCN(S(=O)(=O)N2CCC3(CC2)OCCO3)CC1)c1ccccc1. The van der Waals surface area contributed by atoms with Gasteiger partial charge in [0.15, 0.2) is 5.79 Å². The Balaban J connectivity index is 1.28. The monoisotopic (exact) mass is 437 g/mol. The van der Waals surface area contributed by atoms with E-state index in [4.69, 9.17) is 9.47 Å². The lowest BCUT2D eigenvalue weighted by Gasteiger charge is -2.40. The molecule has 1 spiro atoms. The number of rotatable bonds is 5. The molecule has 8 nitrogen and oxygen atoms in total. The lowest BCUT2D eigenvalue weighted by Crippen LogP contribution is -2.53. The predicted octanol–water partition coefficient (Wildman–Crippen LogP) is 1.66. The zero-order valence-corrected chi connectivity index (χ0v) is 18.3. The third-order valence-corrected chi connectivity index (χ3v) is 8.47. The van der Waals surface area contributed by atoms with Gasteiger partial charge in [-0.25, -0.2) is 0 Å². The van der Waals surface area contributed by atoms with Gasteiger partial charge in [-0.1, -0.05) is 30.3 Å². The molecule has 0 unspecified atom stereocenters. The van der Waals surface area contributed by atoms with Crippen LogP contribution < -0.4 is 5.32 Å². The summed E-state index contributed by atoms with van der Waals surface area (Å²) in [5.41, 5.74) is 1.06. The minimum Gasteiger partial charge on any atom is -0.349 e. The van der Waals surface area contributed by atoms with Crippen LogP contribution in [0.25, 0.3) is 0 Å². The van der Waals surface area contributed by atoms with E-state index in [9.17, 15) is 13.2 Å². The largest absolute Gasteiger partial charge is 0.349 e. The third-order valence-electron chi connectivity index (χ3n) is 6.43. The highest BCUT2D eigenvalue weighted by Crippen LogP contribution is 2.33. The molecule has 166 valence electrons. The number of hydrogen-bond donors (Lipinski definition) is 1. The zero-order chi connectivity index (χ0) is 21.2. The standard InChI is InChI=1S/C21H31N3O5S/c1-17(18-5-3-2-4-6-18)22-20(25)19-7-11-23(12-8-19)30(26,27)24-13-9-21(10-14-24)28-15-16-29-21/h2-6,17,19H,7-16H2,1H3,(H,22,25)/t17-/m1/s1. The summed E-state index contributed by atoms with van der Waals surface area (Å²) in [6.45, 7) is 4.66. The van der Waals surface area contributed by atoms with E-state index in [0.717, 1.165) is 5.56 Å². The maximum Gasteiger partial charge on any atom is 0.281 e. The van der Waals surface area contributed by atoms with Crippen LogP contribution in [-0.2, 0) is 24.5 Å². The number of carbonyl (C=O) groups is 1. The fraction of sp³-hybridized carbons (Fsp3) is 0.667. The molecule has 1 aromatic rings. The predicted molar refractivity (Wildman–Crippen MR) is 112 cm³/mol. The number of carbonyl (C=O) groups excluding carboxylic acids is 1. The van der Waals surface area contributed by atoms with Crippen molar-refractivity contribution in [2.75, 3.05) is 39.4 Å². The van der Waals surface area contributed by atoms with Crippen LogP contribution in [-0.4, -0.2) is 68.1 Å². The fourth-order valence-corrected chi connectivity index (χ4v) is 6.15. The van der Waals surface area contributed by atoms with Crippen molar-refractivity contribution in [1.29, 1.82) is 0 Å². The van der Waals surface area contributed by atoms with Crippen molar-refractivity contribution < 1.29 is 22.7 Å². The molecule has 0 bridgehead atoms. The van der Waals surface area contributed by atoms with E-state index >= 15 is 0 Å². The highest BCUT2D eigenvalue weighted by molar-refractivity contribution is 7.86. The molecule has 3 aliphatic heterocycles. The van der Waals surface area contributed by atoms with E-state index < -0.39 is 16.0 Å². The van der Waals surface area contributed by atoms with Crippen LogP contribution in [0.3, 0.4) is 0 Å². The van der Waals surface area contributed by atoms with E-state index in [1.165, 1.54) is 8.61 Å². The Morgan fingerprint density at radius 2 is 1.60 bits per heavy atom. The van der Waals surface area contributed by atoms with Crippen molar-refractivity contribution >= 4 is 16.1 Å². The van der Waals surface area contributed by atoms with Gasteiger partial charge in [-0.05, 0) is 25.3 Å². The maximum absolute atomic E-state index is 13.1. The molecular formula is C21H31N3O5S. The van der Waals surface area contributed by atoms with Gasteiger partial charge in [0.05, 0.1) is 19.3 Å². The molecule has 0 radical (unpaired) electrons. The summed E-state index contributed by atoms with van der Waals surface area (Å²) in [4.78, 5) is 12.7. The van der Waals surface area contributed by atoms with Crippen LogP contribution in [0.2, 0.25) is 0 Å². The van der Waals surface area contributed by atoms with Gasteiger partial charge in [-0.3, -0.25) is 4.79 Å². The molecule has 3 heterocycles. The number of piperidine rings is 2. The molecule has 3 fully saturated rings. The Morgan fingerprint density at radius 1 is 1.03 bits per heavy atom. The number of nitrogens with one attached hydrogen (secondary N) is 1. The van der Waals surface area contributed by atoms with Gasteiger partial charge < -0.3 is 14.8 Å². The van der Waals surface area contributed by atoms with E-state index in [0.29, 0.717) is 65.1 Å². The first-order chi connectivity index (χ1) is 14.4. The molecule has 3 aliphatic rings. The van der Waals surface area contributed by atoms with Crippen LogP contribution in [0.5, 0.6) is 0 Å². The molecule has 9 heteroatoms. The summed E-state index contributed by atoms with van der Waals surface area (Å²) >= 11 is 0. The van der Waals surface area contributed by atoms with Gasteiger partial charge in [0.1, 0.15) is 0 Å². The summed E-state index contributed by atoms with van der Waals surface area (Å²) in [7, 11) is -3.52. The number of hydrogen-bond acceptors (Lipinski definition) is 5. The van der Waals surface area contributed by atoms with Gasteiger partial charge in [-0.15, -0.1) is 0 Å². The third kappa shape index (κ3) is 4.55. The molecular weight excluding hydrogens is 406 g/mol. The number of ether oxygens (including phenoxy) is 2. The molecule has 30 heavy (non-hydrogen) atoms. The highest BCUT2D eigenvalue weighted by atomic mass is 32.2. The minimum absolute atomic E-state index is 0.00107. The topological polar surface area (TPSA) is 88.2 Å². The van der Waals surface area contributed by atoms with Crippen LogP contribution in [0.1, 0.15) is 44.2 Å². The Hall–Kier alpha value is -1.52. The highest BCUT2D eigenvalue weighted by Gasteiger charge is 2.44. The molecule has 1 atom stereocenters. The smallest absolute Gasteiger partial charge is 0.281 e. The second-order valence-electron chi connectivity index (χ2n) is 8.33. The van der Waals surface area contributed by atoms with E-state index in [1.807, 2.05) is 37.3 Å². The van der Waals surface area contributed by atoms with Gasteiger partial charge in [-0.2, -0.15) is 17.0 Å². The average molecular weight is 438 g/mol. The summed E-state index contributed by atoms with van der Waals surface area (Å²) < 4.78 is 40.5. The van der Waals surface area contributed by atoms with Crippen LogP contribution in [0.15, 0.2) is 30.3 Å². The molecule has 1 amide bonds. The second-order valence-corrected chi connectivity index (χ2v) is 10.3. The number of amides is 1. The zero-order valence-electron chi connectivity index (χ0n) is 17.5. The van der Waals surface area contributed by atoms with Crippen LogP contribution in [0.4, 0.5) is 0 Å². The van der Waals surface area contributed by atoms with Crippen molar-refractivity contribution in [3.05, 3.63) is 35.9 Å². The molecule has 0 saturated carbocycles. The van der Waals surface area contributed by atoms with Crippen molar-refractivity contribution in [3.63, 3.8) is 0 Å². The molecule has 4 rings (SSSR count). The summed E-state index contributed by atoms with van der Waals surface area (Å²) in [6, 6.07) is 9.77. The van der Waals surface area contributed by atoms with E-state index in [2.05, 4.69) is 5.32 Å². The van der Waals surface area contributed by atoms with Crippen LogP contribution >= 0.6 is 0 Å². The Bertz CT molecular complexity index is 823. The first kappa shape index (κ1) is 21.7. The summed E-state index contributed by atoms with van der Waals surface area (Å²) in [5, 5.41) is 3.07. The maximum atomic E-state index is 13.1. The Labute approximate surface area is 178 Å². The quantitative estimate of drug-likeness (QED) is 0.757. The van der Waals surface area contributed by atoms with Gasteiger partial charge in [0, 0.05) is 44.9 Å². The molecule has 0 aromatic heterocycles. The Morgan fingerprint density at radius 3 is 2.20 bits per heavy atom. The Kier molecular flexibility index (Phi) is 6.45. The lowest BCUT2D eigenvalue weighted by atomic mass is 9.96. The lowest BCUT2D eigenvalue weighted by molar-refractivity contribution is -0.179. The number of nitrogens with zero attached hydrogens (tertiary/aromatic N) is 2. The fourth-order valence-electron chi connectivity index (χ4n) is 4.51. The van der Waals surface area contributed by atoms with Gasteiger partial charge in [0.2, 0.25) is 5.91 Å². The van der Waals surface area contributed by atoms with Crippen molar-refractivity contribution in [3.8, 4) is 0 Å². The first-order valence-corrected chi connectivity index (χ1v) is 12.2. The average Bonchev–Trinajstić information content (AvgIpc) is 3.22. The minimum atomic E-state index is -3.52. The number of benzene rings is 1. The van der Waals surface area contributed by atoms with Crippen LogP contribution in [0, 0.1) is 5.92 Å². The molecule has 3 saturated heterocycles. The normalized spacial score (nSPS) is 24.7. The van der Waals surface area contributed by atoms with Gasteiger partial charge in [0.25, 0.3) is 10.2 Å². The molecule has 1 aromatic carbocycles. The van der Waals surface area contributed by atoms with Gasteiger partial charge >= 0.3 is 0 Å². The van der Waals surface area contributed by atoms with Crippen molar-refractivity contribution in [2.45, 2.75) is 44.4 Å². The van der Waals surface area contributed by atoms with E-state index in [1.54, 1.807) is 0 Å². The second kappa shape index (κ2) is 8.92. The molecule has 1 N–H and O–H groups in total. The van der Waals surface area contributed by atoms with Crippen molar-refractivity contribution in [2.24, 2.45) is 5.92 Å². The first-order valence-electron chi connectivity index (χ1n) is 10.8. The molecule has 0 aliphatic carbocycles. The summed E-state index contributed by atoms with van der Waals surface area (Å²) in [5.74, 6) is -0.751. The van der Waals surface area contributed by atoms with Crippen molar-refractivity contribution in [1.82, 2.24) is 13.9 Å². The van der Waals surface area contributed by atoms with E-state index in [-0.39, 0.29) is 17.9 Å². The summed E-state index contributed by atoms with van der Waals surface area (Å²) in [6.07, 6.45) is 2.19.